The molecule has 0 atom stereocenters. The molecule has 5 aromatic carbocycles. The molecule has 0 radical (unpaired) electrons. The second kappa shape index (κ2) is 14.7. The number of ether oxygens (including phenoxy) is 2. The van der Waals surface area contributed by atoms with Crippen LogP contribution in [0.1, 0.15) is 39.0 Å². The maximum Gasteiger partial charge on any atom is 0.416 e. The summed E-state index contributed by atoms with van der Waals surface area (Å²) in [7, 11) is 1.71. The highest BCUT2D eigenvalue weighted by Crippen LogP contribution is 2.34. The Kier molecular flexibility index (Phi) is 10.3. The number of benzene rings is 5. The average molecular weight is 640 g/mol. The number of hydrogen-bond donors (Lipinski definition) is 1. The third kappa shape index (κ3) is 9.00. The highest BCUT2D eigenvalue weighted by atomic mass is 19.4. The van der Waals surface area contributed by atoms with Crippen LogP contribution in [-0.2, 0) is 30.5 Å². The van der Waals surface area contributed by atoms with E-state index in [4.69, 9.17) is 14.6 Å². The van der Waals surface area contributed by atoms with Crippen molar-refractivity contribution in [2.24, 2.45) is 0 Å². The number of halogens is 3. The van der Waals surface area contributed by atoms with E-state index in [0.717, 1.165) is 28.8 Å². The van der Waals surface area contributed by atoms with Crippen molar-refractivity contribution in [1.82, 2.24) is 4.90 Å². The minimum Gasteiger partial charge on any atom is -0.488 e. The first kappa shape index (κ1) is 32.8. The standard InChI is InChI=1S/C38H32F3NO5/c1-42(37(45)29-15-17-33(18-16-29)47-32-11-3-2-4-12-32)24-27-7-5-9-30(21-27)34-19-13-26(14-20-36(43)44)23-35(34)46-25-28-8-6-10-31(22-28)38(39,40)41/h2-13,15-19,21-23H,14,20,24-25H2,1H3,(H,43,44). The molecule has 0 aliphatic carbocycles. The van der Waals surface area contributed by atoms with Gasteiger partial charge in [-0.25, -0.2) is 0 Å². The monoisotopic (exact) mass is 639 g/mol. The molecule has 0 unspecified atom stereocenters. The molecule has 9 heteroatoms. The summed E-state index contributed by atoms with van der Waals surface area (Å²) >= 11 is 0. The van der Waals surface area contributed by atoms with E-state index in [1.165, 1.54) is 6.07 Å². The Morgan fingerprint density at radius 1 is 0.745 bits per heavy atom. The van der Waals surface area contributed by atoms with Crippen LogP contribution >= 0.6 is 0 Å². The zero-order chi connectivity index (χ0) is 33.4. The molecule has 5 rings (SSSR count). The zero-order valence-electron chi connectivity index (χ0n) is 25.5. The lowest BCUT2D eigenvalue weighted by atomic mass is 9.99. The SMILES string of the molecule is CN(Cc1cccc(-c2ccc(CCC(=O)O)cc2OCc2cccc(C(F)(F)F)c2)c1)C(=O)c1ccc(Oc2ccccc2)cc1. The summed E-state index contributed by atoms with van der Waals surface area (Å²) in [5.41, 5.74) is 3.10. The van der Waals surface area contributed by atoms with Crippen LogP contribution in [0.5, 0.6) is 17.2 Å². The Balaban J connectivity index is 1.32. The van der Waals surface area contributed by atoms with Crippen molar-refractivity contribution < 1.29 is 37.3 Å². The molecule has 47 heavy (non-hydrogen) atoms. The van der Waals surface area contributed by atoms with E-state index >= 15 is 0 Å². The van der Waals surface area contributed by atoms with Gasteiger partial charge in [0.1, 0.15) is 23.9 Å². The summed E-state index contributed by atoms with van der Waals surface area (Å²) in [4.78, 5) is 26.0. The van der Waals surface area contributed by atoms with Crippen molar-refractivity contribution in [2.45, 2.75) is 32.2 Å². The number of para-hydroxylation sites is 1. The Morgan fingerprint density at radius 3 is 2.17 bits per heavy atom. The number of rotatable bonds is 12. The Morgan fingerprint density at radius 2 is 1.45 bits per heavy atom. The van der Waals surface area contributed by atoms with Crippen molar-refractivity contribution in [3.8, 4) is 28.4 Å². The summed E-state index contributed by atoms with van der Waals surface area (Å²) in [5, 5.41) is 9.14. The summed E-state index contributed by atoms with van der Waals surface area (Å²) in [6.45, 7) is 0.192. The highest BCUT2D eigenvalue weighted by molar-refractivity contribution is 5.94. The fourth-order valence-corrected chi connectivity index (χ4v) is 5.02. The van der Waals surface area contributed by atoms with Gasteiger partial charge in [0.25, 0.3) is 5.91 Å². The van der Waals surface area contributed by atoms with Gasteiger partial charge < -0.3 is 19.5 Å². The van der Waals surface area contributed by atoms with Gasteiger partial charge in [-0.3, -0.25) is 9.59 Å². The quantitative estimate of drug-likeness (QED) is 0.147. The van der Waals surface area contributed by atoms with Crippen LogP contribution in [0.4, 0.5) is 13.2 Å². The largest absolute Gasteiger partial charge is 0.488 e. The average Bonchev–Trinajstić information content (AvgIpc) is 3.07. The Hall–Kier alpha value is -5.57. The molecule has 0 aromatic heterocycles. The molecule has 0 spiro atoms. The maximum atomic E-state index is 13.3. The fraction of sp³-hybridized carbons (Fsp3) is 0.158. The number of carboxylic acid groups (broad SMARTS) is 1. The van der Waals surface area contributed by atoms with Gasteiger partial charge in [0.05, 0.1) is 5.56 Å². The van der Waals surface area contributed by atoms with Crippen LogP contribution in [0.3, 0.4) is 0 Å². The number of aryl methyl sites for hydroxylation is 1. The predicted octanol–water partition coefficient (Wildman–Crippen LogP) is 9.03. The second-order valence-corrected chi connectivity index (χ2v) is 11.0. The van der Waals surface area contributed by atoms with Crippen molar-refractivity contribution in [3.05, 3.63) is 149 Å². The molecule has 0 fully saturated rings. The number of carboxylic acids is 1. The Bertz CT molecular complexity index is 1840. The zero-order valence-corrected chi connectivity index (χ0v) is 25.5. The summed E-state index contributed by atoms with van der Waals surface area (Å²) in [5.74, 6) is 0.605. The van der Waals surface area contributed by atoms with Crippen molar-refractivity contribution in [1.29, 1.82) is 0 Å². The van der Waals surface area contributed by atoms with E-state index in [1.807, 2.05) is 66.7 Å². The molecular weight excluding hydrogens is 607 g/mol. The molecule has 0 saturated carbocycles. The maximum absolute atomic E-state index is 13.3. The lowest BCUT2D eigenvalue weighted by Crippen LogP contribution is -2.26. The lowest BCUT2D eigenvalue weighted by molar-refractivity contribution is -0.138. The molecule has 0 aliphatic rings. The van der Waals surface area contributed by atoms with Crippen molar-refractivity contribution in [3.63, 3.8) is 0 Å². The summed E-state index contributed by atoms with van der Waals surface area (Å²) in [6.07, 6.45) is -4.29. The van der Waals surface area contributed by atoms with Crippen LogP contribution in [-0.4, -0.2) is 28.9 Å². The predicted molar refractivity (Wildman–Crippen MR) is 172 cm³/mol. The first-order valence-corrected chi connectivity index (χ1v) is 14.9. The minimum absolute atomic E-state index is 0.0783. The summed E-state index contributed by atoms with van der Waals surface area (Å²) < 4.78 is 51.7. The van der Waals surface area contributed by atoms with E-state index in [2.05, 4.69) is 0 Å². The van der Waals surface area contributed by atoms with Gasteiger partial charge in [-0.15, -0.1) is 0 Å². The smallest absolute Gasteiger partial charge is 0.416 e. The van der Waals surface area contributed by atoms with Crippen LogP contribution in [0, 0.1) is 0 Å². The first-order valence-electron chi connectivity index (χ1n) is 14.9. The van der Waals surface area contributed by atoms with E-state index in [0.29, 0.717) is 40.5 Å². The molecule has 0 saturated heterocycles. The van der Waals surface area contributed by atoms with Gasteiger partial charge in [0.15, 0.2) is 0 Å². The first-order chi connectivity index (χ1) is 22.5. The van der Waals surface area contributed by atoms with E-state index in [1.54, 1.807) is 48.3 Å². The van der Waals surface area contributed by atoms with Crippen LogP contribution in [0.15, 0.2) is 121 Å². The molecule has 1 N–H and O–H groups in total. The van der Waals surface area contributed by atoms with Crippen LogP contribution < -0.4 is 9.47 Å². The normalized spacial score (nSPS) is 11.1. The van der Waals surface area contributed by atoms with Crippen molar-refractivity contribution in [2.75, 3.05) is 7.05 Å². The summed E-state index contributed by atoms with van der Waals surface area (Å²) in [6, 6.07) is 34.1. The molecule has 0 bridgehead atoms. The highest BCUT2D eigenvalue weighted by Gasteiger charge is 2.30. The number of carbonyl (C=O) groups excluding carboxylic acids is 1. The number of aliphatic carboxylic acids is 1. The molecule has 5 aromatic rings. The number of amides is 1. The fourth-order valence-electron chi connectivity index (χ4n) is 5.02. The van der Waals surface area contributed by atoms with Gasteiger partial charge in [-0.05, 0) is 89.3 Å². The van der Waals surface area contributed by atoms with Crippen LogP contribution in [0.2, 0.25) is 0 Å². The van der Waals surface area contributed by atoms with Gasteiger partial charge in [0.2, 0.25) is 0 Å². The van der Waals surface area contributed by atoms with E-state index in [-0.39, 0.29) is 25.4 Å². The third-order valence-corrected chi connectivity index (χ3v) is 7.41. The van der Waals surface area contributed by atoms with E-state index in [9.17, 15) is 22.8 Å². The van der Waals surface area contributed by atoms with Gasteiger partial charge in [-0.2, -0.15) is 13.2 Å². The number of alkyl halides is 3. The van der Waals surface area contributed by atoms with Crippen molar-refractivity contribution >= 4 is 11.9 Å². The molecule has 0 aliphatic heterocycles. The molecular formula is C38H32F3NO5. The van der Waals surface area contributed by atoms with Gasteiger partial charge in [-0.1, -0.05) is 60.7 Å². The lowest BCUT2D eigenvalue weighted by Gasteiger charge is -2.19. The van der Waals surface area contributed by atoms with Crippen LogP contribution in [0.25, 0.3) is 11.1 Å². The third-order valence-electron chi connectivity index (χ3n) is 7.41. The van der Waals surface area contributed by atoms with Gasteiger partial charge >= 0.3 is 12.1 Å². The molecule has 240 valence electrons. The molecule has 1 amide bonds. The Labute approximate surface area is 270 Å². The number of carbonyl (C=O) groups is 2. The van der Waals surface area contributed by atoms with E-state index < -0.39 is 17.7 Å². The second-order valence-electron chi connectivity index (χ2n) is 11.0. The molecule has 6 nitrogen and oxygen atoms in total. The number of hydrogen-bond acceptors (Lipinski definition) is 4. The van der Waals surface area contributed by atoms with Gasteiger partial charge in [0, 0.05) is 31.1 Å². The minimum atomic E-state index is -4.48. The topological polar surface area (TPSA) is 76.1 Å². The molecule has 0 heterocycles. The number of nitrogens with zero attached hydrogens (tertiary/aromatic N) is 1.